The Morgan fingerprint density at radius 3 is 2.60 bits per heavy atom. The minimum atomic E-state index is -1.11. The van der Waals surface area contributed by atoms with Crippen LogP contribution in [0.5, 0.6) is 0 Å². The first-order valence-electron chi connectivity index (χ1n) is 8.59. The van der Waals surface area contributed by atoms with Gasteiger partial charge in [0, 0.05) is 12.1 Å². The van der Waals surface area contributed by atoms with Gasteiger partial charge in [-0.15, -0.1) is 0 Å². The molecule has 4 rings (SSSR count). The van der Waals surface area contributed by atoms with Crippen LogP contribution in [0, 0.1) is 11.3 Å². The van der Waals surface area contributed by atoms with Crippen molar-refractivity contribution < 1.29 is 9.90 Å². The van der Waals surface area contributed by atoms with Crippen LogP contribution in [0.1, 0.15) is 30.9 Å². The van der Waals surface area contributed by atoms with Crippen molar-refractivity contribution in [1.29, 1.82) is 5.26 Å². The highest BCUT2D eigenvalue weighted by atomic mass is 16.3. The van der Waals surface area contributed by atoms with Crippen molar-refractivity contribution >= 4 is 11.6 Å². The molecule has 2 aliphatic heterocycles. The zero-order chi connectivity index (χ0) is 17.7. The van der Waals surface area contributed by atoms with Crippen LogP contribution in [0.3, 0.4) is 0 Å². The lowest BCUT2D eigenvalue weighted by Crippen LogP contribution is -2.63. The summed E-state index contributed by atoms with van der Waals surface area (Å²) in [7, 11) is 0. The standard InChI is InChI=1S/C21H20N2O2/c1-20(25)12-11-18(24)23-17-10-6-5-9-16(17)21(14-22,19(20)23)13-15-7-3-2-4-8-15/h2-10,19,25H,11-13H2,1H3/t19-,20-,21-/m0/s1. The molecule has 0 spiro atoms. The van der Waals surface area contributed by atoms with Crippen molar-refractivity contribution in [3.05, 3.63) is 65.7 Å². The third-order valence-electron chi connectivity index (χ3n) is 5.60. The number of nitrogens with zero attached hydrogens (tertiary/aromatic N) is 2. The Bertz CT molecular complexity index is 869. The number of nitriles is 1. The molecule has 2 aliphatic rings. The number of para-hydroxylation sites is 1. The number of amides is 1. The van der Waals surface area contributed by atoms with Gasteiger partial charge in [-0.25, -0.2) is 0 Å². The van der Waals surface area contributed by atoms with Gasteiger partial charge >= 0.3 is 0 Å². The van der Waals surface area contributed by atoms with Gasteiger partial charge in [-0.2, -0.15) is 5.26 Å². The van der Waals surface area contributed by atoms with E-state index in [1.165, 1.54) is 0 Å². The van der Waals surface area contributed by atoms with Crippen LogP contribution in [-0.4, -0.2) is 22.7 Å². The highest BCUT2D eigenvalue weighted by Gasteiger charge is 2.61. The molecule has 4 nitrogen and oxygen atoms in total. The molecule has 0 saturated carbocycles. The zero-order valence-electron chi connectivity index (χ0n) is 14.1. The van der Waals surface area contributed by atoms with E-state index in [0.717, 1.165) is 16.8 Å². The van der Waals surface area contributed by atoms with E-state index in [0.29, 0.717) is 19.3 Å². The average molecular weight is 332 g/mol. The largest absolute Gasteiger partial charge is 0.388 e. The van der Waals surface area contributed by atoms with Crippen LogP contribution < -0.4 is 4.90 Å². The first kappa shape index (κ1) is 15.9. The number of carbonyl (C=O) groups excluding carboxylic acids is 1. The second-order valence-electron chi connectivity index (χ2n) is 7.29. The van der Waals surface area contributed by atoms with Crippen LogP contribution in [0.15, 0.2) is 54.6 Å². The van der Waals surface area contributed by atoms with E-state index in [1.54, 1.807) is 11.8 Å². The minimum absolute atomic E-state index is 0.0193. The Morgan fingerprint density at radius 1 is 1.20 bits per heavy atom. The molecule has 25 heavy (non-hydrogen) atoms. The molecule has 0 radical (unpaired) electrons. The molecule has 2 heterocycles. The number of benzene rings is 2. The van der Waals surface area contributed by atoms with Crippen molar-refractivity contribution in [3.8, 4) is 6.07 Å². The lowest BCUT2D eigenvalue weighted by Gasteiger charge is -2.46. The first-order chi connectivity index (χ1) is 12.0. The summed E-state index contributed by atoms with van der Waals surface area (Å²) >= 11 is 0. The number of aliphatic hydroxyl groups is 1. The number of hydrogen-bond acceptors (Lipinski definition) is 3. The third kappa shape index (κ3) is 2.20. The van der Waals surface area contributed by atoms with E-state index in [2.05, 4.69) is 6.07 Å². The topological polar surface area (TPSA) is 64.3 Å². The smallest absolute Gasteiger partial charge is 0.227 e. The van der Waals surface area contributed by atoms with Crippen LogP contribution in [-0.2, 0) is 16.6 Å². The maximum atomic E-state index is 12.7. The summed E-state index contributed by atoms with van der Waals surface area (Å²) in [5, 5.41) is 21.4. The normalized spacial score (nSPS) is 30.5. The predicted molar refractivity (Wildman–Crippen MR) is 95.0 cm³/mol. The van der Waals surface area contributed by atoms with E-state index in [9.17, 15) is 15.2 Å². The van der Waals surface area contributed by atoms with Gasteiger partial charge in [0.05, 0.1) is 17.7 Å². The summed E-state index contributed by atoms with van der Waals surface area (Å²) in [6.45, 7) is 1.75. The van der Waals surface area contributed by atoms with Crippen molar-refractivity contribution in [1.82, 2.24) is 0 Å². The summed E-state index contributed by atoms with van der Waals surface area (Å²) in [4.78, 5) is 14.4. The van der Waals surface area contributed by atoms with E-state index < -0.39 is 17.1 Å². The van der Waals surface area contributed by atoms with Crippen LogP contribution in [0.25, 0.3) is 0 Å². The van der Waals surface area contributed by atoms with Gasteiger partial charge in [0.1, 0.15) is 5.41 Å². The van der Waals surface area contributed by atoms with Gasteiger partial charge in [-0.05, 0) is 37.0 Å². The number of piperidine rings is 1. The maximum absolute atomic E-state index is 12.7. The second-order valence-corrected chi connectivity index (χ2v) is 7.29. The third-order valence-corrected chi connectivity index (χ3v) is 5.60. The quantitative estimate of drug-likeness (QED) is 0.919. The van der Waals surface area contributed by atoms with E-state index >= 15 is 0 Å². The molecule has 0 aliphatic carbocycles. The monoisotopic (exact) mass is 332 g/mol. The Hall–Kier alpha value is -2.64. The zero-order valence-corrected chi connectivity index (χ0v) is 14.1. The minimum Gasteiger partial charge on any atom is -0.388 e. The van der Waals surface area contributed by atoms with Crippen molar-refractivity contribution in [3.63, 3.8) is 0 Å². The molecule has 1 amide bonds. The molecule has 0 bridgehead atoms. The highest BCUT2D eigenvalue weighted by Crippen LogP contribution is 2.53. The molecule has 1 N–H and O–H groups in total. The van der Waals surface area contributed by atoms with Crippen molar-refractivity contribution in [2.24, 2.45) is 0 Å². The number of fused-ring (bicyclic) bond motifs is 3. The summed E-state index contributed by atoms with van der Waals surface area (Å²) < 4.78 is 0. The number of carbonyl (C=O) groups is 1. The lowest BCUT2D eigenvalue weighted by molar-refractivity contribution is -0.126. The average Bonchev–Trinajstić information content (AvgIpc) is 2.92. The number of hydrogen-bond donors (Lipinski definition) is 1. The molecule has 4 heteroatoms. The van der Waals surface area contributed by atoms with Crippen molar-refractivity contribution in [2.75, 3.05) is 4.90 Å². The van der Waals surface area contributed by atoms with Gasteiger partial charge in [-0.3, -0.25) is 4.79 Å². The molecule has 0 aromatic heterocycles. The first-order valence-corrected chi connectivity index (χ1v) is 8.59. The van der Waals surface area contributed by atoms with Gasteiger partial charge in [0.25, 0.3) is 0 Å². The Kier molecular flexibility index (Phi) is 3.45. The van der Waals surface area contributed by atoms with Crippen LogP contribution in [0.2, 0.25) is 0 Å². The van der Waals surface area contributed by atoms with Gasteiger partial charge in [0.15, 0.2) is 0 Å². The van der Waals surface area contributed by atoms with Crippen molar-refractivity contribution in [2.45, 2.75) is 43.2 Å². The fourth-order valence-electron chi connectivity index (χ4n) is 4.54. The van der Waals surface area contributed by atoms with Crippen LogP contribution >= 0.6 is 0 Å². The molecule has 2 aromatic rings. The van der Waals surface area contributed by atoms with Crippen LogP contribution in [0.4, 0.5) is 5.69 Å². The highest BCUT2D eigenvalue weighted by molar-refractivity contribution is 5.99. The molecular formula is C21H20N2O2. The van der Waals surface area contributed by atoms with Gasteiger partial charge in [-0.1, -0.05) is 48.5 Å². The molecular weight excluding hydrogens is 312 g/mol. The molecule has 3 atom stereocenters. The maximum Gasteiger partial charge on any atom is 0.227 e. The molecule has 2 aromatic carbocycles. The molecule has 126 valence electrons. The van der Waals surface area contributed by atoms with E-state index in [1.807, 2.05) is 54.6 Å². The lowest BCUT2D eigenvalue weighted by atomic mass is 9.66. The summed E-state index contributed by atoms with van der Waals surface area (Å²) in [5.74, 6) is -0.0193. The fourth-order valence-corrected chi connectivity index (χ4v) is 4.54. The summed E-state index contributed by atoms with van der Waals surface area (Å²) in [6, 6.07) is 19.3. The number of rotatable bonds is 2. The summed E-state index contributed by atoms with van der Waals surface area (Å²) in [5.41, 5.74) is 0.543. The summed E-state index contributed by atoms with van der Waals surface area (Å²) in [6.07, 6.45) is 1.13. The Balaban J connectivity index is 1.95. The van der Waals surface area contributed by atoms with E-state index in [4.69, 9.17) is 0 Å². The molecule has 0 unspecified atom stereocenters. The number of anilines is 1. The van der Waals surface area contributed by atoms with E-state index in [-0.39, 0.29) is 5.91 Å². The Labute approximate surface area is 147 Å². The molecule has 1 fully saturated rings. The van der Waals surface area contributed by atoms with Gasteiger partial charge in [0.2, 0.25) is 5.91 Å². The van der Waals surface area contributed by atoms with Gasteiger partial charge < -0.3 is 10.0 Å². The predicted octanol–water partition coefficient (Wildman–Crippen LogP) is 2.95. The fraction of sp³-hybridized carbons (Fsp3) is 0.333. The molecule has 1 saturated heterocycles. The SMILES string of the molecule is C[C@]1(O)CCC(=O)N2c3ccccc3[C@@](C#N)(Cc3ccccc3)[C@@H]21. The Morgan fingerprint density at radius 2 is 1.88 bits per heavy atom. The second kappa shape index (κ2) is 5.44.